The lowest BCUT2D eigenvalue weighted by atomic mass is 10.2. The molecule has 0 bridgehead atoms. The van der Waals surface area contributed by atoms with Gasteiger partial charge < -0.3 is 10.1 Å². The molecule has 2 rings (SSSR count). The normalized spacial score (nSPS) is 17.7. The molecule has 1 heterocycles. The van der Waals surface area contributed by atoms with E-state index in [-0.39, 0.29) is 16.7 Å². The van der Waals surface area contributed by atoms with E-state index >= 15 is 0 Å². The number of carbonyl (C=O) groups is 2. The smallest absolute Gasteiger partial charge is 0.316 e. The molecule has 23 heavy (non-hydrogen) atoms. The number of rotatable bonds is 5. The fourth-order valence-electron chi connectivity index (χ4n) is 1.73. The second kappa shape index (κ2) is 8.46. The Hall–Kier alpha value is -2.17. The van der Waals surface area contributed by atoms with Crippen LogP contribution in [0.15, 0.2) is 46.2 Å². The fourth-order valence-corrected chi connectivity index (χ4v) is 3.95. The first-order chi connectivity index (χ1) is 11.1. The lowest BCUT2D eigenvalue weighted by molar-refractivity contribution is -0.137. The van der Waals surface area contributed by atoms with Gasteiger partial charge in [0.2, 0.25) is 0 Å². The van der Waals surface area contributed by atoms with Crippen LogP contribution in [0, 0.1) is 11.3 Å². The molecule has 1 amide bonds. The number of esters is 1. The Bertz CT molecular complexity index is 693. The Balaban J connectivity index is 2.10. The Labute approximate surface area is 142 Å². The molecule has 1 aliphatic heterocycles. The van der Waals surface area contributed by atoms with Gasteiger partial charge in [-0.3, -0.25) is 9.59 Å². The van der Waals surface area contributed by atoms with Crippen molar-refractivity contribution in [3.05, 3.63) is 51.8 Å². The maximum atomic E-state index is 12.0. The first-order valence-corrected chi connectivity index (χ1v) is 8.55. The Morgan fingerprint density at radius 1 is 1.48 bits per heavy atom. The largest absolute Gasteiger partial charge is 0.468 e. The van der Waals surface area contributed by atoms with E-state index in [1.54, 1.807) is 0 Å². The monoisotopic (exact) mass is 346 g/mol. The van der Waals surface area contributed by atoms with Gasteiger partial charge in [0.1, 0.15) is 11.6 Å². The fraction of sp³-hybridized carbons (Fsp3) is 0.188. The SMILES string of the molecule is COC(=O)CSC1=C(C#N)C(=O)N[C@H](/C=C/c2ccccc2)S1. The Kier molecular flexibility index (Phi) is 6.32. The van der Waals surface area contributed by atoms with Gasteiger partial charge in [0.15, 0.2) is 0 Å². The third-order valence-corrected chi connectivity index (χ3v) is 5.30. The highest BCUT2D eigenvalue weighted by atomic mass is 32.2. The molecule has 0 saturated carbocycles. The maximum absolute atomic E-state index is 12.0. The van der Waals surface area contributed by atoms with Crippen molar-refractivity contribution in [2.75, 3.05) is 12.9 Å². The minimum atomic E-state index is -0.429. The highest BCUT2D eigenvalue weighted by Gasteiger charge is 2.27. The van der Waals surface area contributed by atoms with E-state index in [4.69, 9.17) is 5.26 Å². The molecule has 0 spiro atoms. The van der Waals surface area contributed by atoms with Crippen molar-refractivity contribution in [2.24, 2.45) is 0 Å². The number of nitrogens with zero attached hydrogens (tertiary/aromatic N) is 1. The van der Waals surface area contributed by atoms with E-state index in [1.807, 2.05) is 48.6 Å². The summed E-state index contributed by atoms with van der Waals surface area (Å²) in [5.74, 6) is -0.768. The molecule has 1 aromatic carbocycles. The molecule has 0 fully saturated rings. The highest BCUT2D eigenvalue weighted by molar-refractivity contribution is 8.23. The van der Waals surface area contributed by atoms with E-state index in [1.165, 1.54) is 18.9 Å². The number of hydrogen-bond acceptors (Lipinski definition) is 6. The number of methoxy groups -OCH3 is 1. The summed E-state index contributed by atoms with van der Waals surface area (Å²) >= 11 is 2.48. The van der Waals surface area contributed by atoms with Gasteiger partial charge in [0.25, 0.3) is 5.91 Å². The Morgan fingerprint density at radius 3 is 2.87 bits per heavy atom. The zero-order valence-corrected chi connectivity index (χ0v) is 13.9. The summed E-state index contributed by atoms with van der Waals surface area (Å²) in [5, 5.41) is 11.6. The predicted molar refractivity (Wildman–Crippen MR) is 92.1 cm³/mol. The molecule has 0 aromatic heterocycles. The summed E-state index contributed by atoms with van der Waals surface area (Å²) in [6.07, 6.45) is 3.75. The number of carbonyl (C=O) groups excluding carboxylic acids is 2. The molecule has 1 atom stereocenters. The van der Waals surface area contributed by atoms with Crippen molar-refractivity contribution >= 4 is 41.5 Å². The molecular weight excluding hydrogens is 332 g/mol. The van der Waals surface area contributed by atoms with E-state index in [9.17, 15) is 9.59 Å². The van der Waals surface area contributed by atoms with Gasteiger partial charge in [-0.15, -0.1) is 11.8 Å². The van der Waals surface area contributed by atoms with Crippen LogP contribution in [0.1, 0.15) is 5.56 Å². The minimum absolute atomic E-state index is 0.0354. The van der Waals surface area contributed by atoms with Crippen molar-refractivity contribution in [1.82, 2.24) is 5.32 Å². The van der Waals surface area contributed by atoms with Crippen LogP contribution in [0.4, 0.5) is 0 Å². The topological polar surface area (TPSA) is 79.2 Å². The van der Waals surface area contributed by atoms with E-state index in [0.717, 1.165) is 17.3 Å². The maximum Gasteiger partial charge on any atom is 0.316 e. The van der Waals surface area contributed by atoms with Crippen LogP contribution >= 0.6 is 23.5 Å². The predicted octanol–water partition coefficient (Wildman–Crippen LogP) is 2.53. The number of amides is 1. The third kappa shape index (κ3) is 4.91. The van der Waals surface area contributed by atoms with Crippen molar-refractivity contribution in [1.29, 1.82) is 5.26 Å². The van der Waals surface area contributed by atoms with Gasteiger partial charge in [0, 0.05) is 0 Å². The van der Waals surface area contributed by atoms with Crippen LogP contribution in [0.25, 0.3) is 6.08 Å². The first kappa shape index (κ1) is 17.2. The van der Waals surface area contributed by atoms with Gasteiger partial charge in [-0.2, -0.15) is 5.26 Å². The molecule has 0 radical (unpaired) electrons. The van der Waals surface area contributed by atoms with Crippen LogP contribution in [-0.4, -0.2) is 30.1 Å². The van der Waals surface area contributed by atoms with Crippen LogP contribution < -0.4 is 5.32 Å². The van der Waals surface area contributed by atoms with Gasteiger partial charge >= 0.3 is 5.97 Å². The number of thioether (sulfide) groups is 2. The van der Waals surface area contributed by atoms with Crippen molar-refractivity contribution in [2.45, 2.75) is 5.37 Å². The van der Waals surface area contributed by atoms with Crippen molar-refractivity contribution < 1.29 is 14.3 Å². The van der Waals surface area contributed by atoms with E-state index in [0.29, 0.717) is 4.24 Å². The van der Waals surface area contributed by atoms with Crippen LogP contribution in [0.5, 0.6) is 0 Å². The number of benzene rings is 1. The standard InChI is InChI=1S/C16H14N2O3S2/c1-21-14(19)10-22-16-12(9-17)15(20)18-13(23-16)8-7-11-5-3-2-4-6-11/h2-8,13H,10H2,1H3,(H,18,20)/b8-7+/t13-/m0/s1. The lowest BCUT2D eigenvalue weighted by Gasteiger charge is -2.22. The molecule has 1 aromatic rings. The second-order valence-electron chi connectivity index (χ2n) is 4.42. The van der Waals surface area contributed by atoms with E-state index in [2.05, 4.69) is 10.1 Å². The van der Waals surface area contributed by atoms with Gasteiger partial charge in [-0.05, 0) is 5.56 Å². The number of ether oxygens (including phenoxy) is 1. The van der Waals surface area contributed by atoms with Gasteiger partial charge in [0.05, 0.1) is 22.5 Å². The first-order valence-electron chi connectivity index (χ1n) is 6.69. The third-order valence-electron chi connectivity index (χ3n) is 2.86. The summed E-state index contributed by atoms with van der Waals surface area (Å²) in [5.41, 5.74) is 1.05. The van der Waals surface area contributed by atoms with E-state index < -0.39 is 11.9 Å². The summed E-state index contributed by atoms with van der Waals surface area (Å²) in [6, 6.07) is 11.6. The average molecular weight is 346 g/mol. The van der Waals surface area contributed by atoms with Crippen molar-refractivity contribution in [3.8, 4) is 6.07 Å². The summed E-state index contributed by atoms with van der Waals surface area (Å²) in [7, 11) is 1.30. The molecule has 0 aliphatic carbocycles. The zero-order chi connectivity index (χ0) is 16.7. The van der Waals surface area contributed by atoms with Gasteiger partial charge in [-0.1, -0.05) is 54.2 Å². The molecule has 5 nitrogen and oxygen atoms in total. The molecule has 1 aliphatic rings. The quantitative estimate of drug-likeness (QED) is 0.826. The van der Waals surface area contributed by atoms with Crippen LogP contribution in [0.2, 0.25) is 0 Å². The summed E-state index contributed by atoms with van der Waals surface area (Å²) in [6.45, 7) is 0. The molecule has 0 saturated heterocycles. The van der Waals surface area contributed by atoms with Crippen LogP contribution in [0.3, 0.4) is 0 Å². The summed E-state index contributed by atoms with van der Waals surface area (Å²) < 4.78 is 5.11. The lowest BCUT2D eigenvalue weighted by Crippen LogP contribution is -2.35. The van der Waals surface area contributed by atoms with Gasteiger partial charge in [-0.25, -0.2) is 0 Å². The highest BCUT2D eigenvalue weighted by Crippen LogP contribution is 2.37. The van der Waals surface area contributed by atoms with Crippen molar-refractivity contribution in [3.63, 3.8) is 0 Å². The average Bonchev–Trinajstić information content (AvgIpc) is 2.58. The number of hydrogen-bond donors (Lipinski definition) is 1. The number of nitrogens with one attached hydrogen (secondary N) is 1. The Morgan fingerprint density at radius 2 is 2.22 bits per heavy atom. The minimum Gasteiger partial charge on any atom is -0.468 e. The zero-order valence-electron chi connectivity index (χ0n) is 12.3. The molecule has 7 heteroatoms. The molecule has 118 valence electrons. The molecular formula is C16H14N2O3S2. The number of nitriles is 1. The second-order valence-corrected chi connectivity index (χ2v) is 6.82. The molecule has 0 unspecified atom stereocenters. The summed E-state index contributed by atoms with van der Waals surface area (Å²) in [4.78, 5) is 23.3. The molecule has 1 N–H and O–H groups in total. The van der Waals surface area contributed by atoms with Crippen LogP contribution in [-0.2, 0) is 14.3 Å².